The van der Waals surface area contributed by atoms with Gasteiger partial charge in [-0.25, -0.2) is 0 Å². The number of fused-ring (bicyclic) bond motifs is 1. The standard InChI is InChI=1S/C15H15N3/c1-9-6-14-12(10(2)15(9)16)7-13(18-14)11-4-3-5-17-8-11/h3-8,18H,16H2,1-2H3. The monoisotopic (exact) mass is 237 g/mol. The summed E-state index contributed by atoms with van der Waals surface area (Å²) in [5, 5.41) is 1.18. The van der Waals surface area contributed by atoms with E-state index in [1.54, 1.807) is 6.20 Å². The normalized spacial score (nSPS) is 11.0. The van der Waals surface area contributed by atoms with Gasteiger partial charge < -0.3 is 10.7 Å². The van der Waals surface area contributed by atoms with Crippen molar-refractivity contribution in [2.45, 2.75) is 13.8 Å². The summed E-state index contributed by atoms with van der Waals surface area (Å²) >= 11 is 0. The molecule has 0 fully saturated rings. The molecule has 0 bridgehead atoms. The third-order valence-corrected chi connectivity index (χ3v) is 3.41. The largest absolute Gasteiger partial charge is 0.398 e. The number of pyridine rings is 1. The summed E-state index contributed by atoms with van der Waals surface area (Å²) in [4.78, 5) is 7.57. The molecule has 3 heteroatoms. The summed E-state index contributed by atoms with van der Waals surface area (Å²) in [6, 6.07) is 8.21. The highest BCUT2D eigenvalue weighted by molar-refractivity contribution is 5.92. The van der Waals surface area contributed by atoms with E-state index >= 15 is 0 Å². The van der Waals surface area contributed by atoms with Gasteiger partial charge in [-0.1, -0.05) is 0 Å². The van der Waals surface area contributed by atoms with Crippen molar-refractivity contribution in [2.75, 3.05) is 5.73 Å². The van der Waals surface area contributed by atoms with Crippen LogP contribution in [0.25, 0.3) is 22.2 Å². The molecule has 0 amide bonds. The smallest absolute Gasteiger partial charge is 0.0480 e. The van der Waals surface area contributed by atoms with E-state index in [-0.39, 0.29) is 0 Å². The van der Waals surface area contributed by atoms with Crippen LogP contribution in [0.2, 0.25) is 0 Å². The lowest BCUT2D eigenvalue weighted by atomic mass is 10.0. The van der Waals surface area contributed by atoms with Gasteiger partial charge in [0.05, 0.1) is 0 Å². The molecule has 90 valence electrons. The minimum Gasteiger partial charge on any atom is -0.398 e. The number of anilines is 1. The van der Waals surface area contributed by atoms with E-state index in [4.69, 9.17) is 5.73 Å². The minimum absolute atomic E-state index is 0.874. The third-order valence-electron chi connectivity index (χ3n) is 3.41. The second kappa shape index (κ2) is 3.88. The second-order valence-corrected chi connectivity index (χ2v) is 4.62. The van der Waals surface area contributed by atoms with Crippen LogP contribution in [0.15, 0.2) is 36.7 Å². The van der Waals surface area contributed by atoms with Crippen molar-refractivity contribution < 1.29 is 0 Å². The lowest BCUT2D eigenvalue weighted by molar-refractivity contribution is 1.31. The van der Waals surface area contributed by atoms with Gasteiger partial charge in [0.25, 0.3) is 0 Å². The molecule has 3 aromatic rings. The van der Waals surface area contributed by atoms with Crippen LogP contribution in [0.5, 0.6) is 0 Å². The zero-order valence-electron chi connectivity index (χ0n) is 10.5. The van der Waals surface area contributed by atoms with Crippen molar-refractivity contribution in [3.05, 3.63) is 47.8 Å². The molecule has 0 atom stereocenters. The number of aryl methyl sites for hydroxylation is 2. The Bertz CT molecular complexity index is 711. The summed E-state index contributed by atoms with van der Waals surface area (Å²) in [7, 11) is 0. The molecule has 3 N–H and O–H groups in total. The van der Waals surface area contributed by atoms with Crippen molar-refractivity contribution in [3.63, 3.8) is 0 Å². The number of rotatable bonds is 1. The fourth-order valence-corrected chi connectivity index (χ4v) is 2.31. The molecule has 0 saturated carbocycles. The van der Waals surface area contributed by atoms with Gasteiger partial charge in [-0.15, -0.1) is 0 Å². The van der Waals surface area contributed by atoms with Gasteiger partial charge in [-0.3, -0.25) is 4.98 Å². The number of aromatic nitrogens is 2. The second-order valence-electron chi connectivity index (χ2n) is 4.62. The number of hydrogen-bond acceptors (Lipinski definition) is 2. The van der Waals surface area contributed by atoms with Crippen LogP contribution >= 0.6 is 0 Å². The highest BCUT2D eigenvalue weighted by Crippen LogP contribution is 2.30. The van der Waals surface area contributed by atoms with Gasteiger partial charge in [-0.05, 0) is 49.2 Å². The van der Waals surface area contributed by atoms with Crippen molar-refractivity contribution >= 4 is 16.6 Å². The van der Waals surface area contributed by atoms with Crippen LogP contribution in [0.3, 0.4) is 0 Å². The van der Waals surface area contributed by atoms with Crippen molar-refractivity contribution in [2.24, 2.45) is 0 Å². The van der Waals surface area contributed by atoms with Crippen LogP contribution in [0, 0.1) is 13.8 Å². The molecule has 0 aliphatic rings. The Hall–Kier alpha value is -2.29. The molecule has 0 radical (unpaired) electrons. The van der Waals surface area contributed by atoms with Crippen LogP contribution in [-0.4, -0.2) is 9.97 Å². The Kier molecular flexibility index (Phi) is 2.33. The quantitative estimate of drug-likeness (QED) is 0.637. The van der Waals surface area contributed by atoms with Gasteiger partial charge >= 0.3 is 0 Å². The number of hydrogen-bond donors (Lipinski definition) is 2. The predicted molar refractivity (Wildman–Crippen MR) is 75.4 cm³/mol. The fraction of sp³-hybridized carbons (Fsp3) is 0.133. The van der Waals surface area contributed by atoms with Gasteiger partial charge in [0.15, 0.2) is 0 Å². The molecule has 0 aliphatic heterocycles. The zero-order chi connectivity index (χ0) is 12.7. The van der Waals surface area contributed by atoms with E-state index in [1.165, 1.54) is 5.39 Å². The van der Waals surface area contributed by atoms with Crippen molar-refractivity contribution in [3.8, 4) is 11.3 Å². The third kappa shape index (κ3) is 1.56. The van der Waals surface area contributed by atoms with Crippen LogP contribution in [-0.2, 0) is 0 Å². The Balaban J connectivity index is 2.27. The Morgan fingerprint density at radius 2 is 2.06 bits per heavy atom. The maximum atomic E-state index is 6.07. The Labute approximate surface area is 106 Å². The molecule has 0 unspecified atom stereocenters. The molecular weight excluding hydrogens is 222 g/mol. The zero-order valence-corrected chi connectivity index (χ0v) is 10.5. The van der Waals surface area contributed by atoms with Gasteiger partial charge in [0, 0.05) is 40.2 Å². The first-order valence-corrected chi connectivity index (χ1v) is 5.95. The van der Waals surface area contributed by atoms with E-state index in [9.17, 15) is 0 Å². The average Bonchev–Trinajstić information content (AvgIpc) is 2.81. The lowest BCUT2D eigenvalue weighted by Crippen LogP contribution is -1.93. The summed E-state index contributed by atoms with van der Waals surface area (Å²) in [5.74, 6) is 0. The topological polar surface area (TPSA) is 54.7 Å². The first-order valence-electron chi connectivity index (χ1n) is 5.95. The summed E-state index contributed by atoms with van der Waals surface area (Å²) < 4.78 is 0. The van der Waals surface area contributed by atoms with E-state index < -0.39 is 0 Å². The highest BCUT2D eigenvalue weighted by Gasteiger charge is 2.09. The number of benzene rings is 1. The van der Waals surface area contributed by atoms with Gasteiger partial charge in [0.1, 0.15) is 0 Å². The minimum atomic E-state index is 0.874. The van der Waals surface area contributed by atoms with Crippen LogP contribution < -0.4 is 5.73 Å². The SMILES string of the molecule is Cc1cc2[nH]c(-c3cccnc3)cc2c(C)c1N. The maximum Gasteiger partial charge on any atom is 0.0480 e. The molecule has 2 heterocycles. The molecule has 3 nitrogen and oxygen atoms in total. The number of aromatic amines is 1. The molecule has 0 spiro atoms. The molecule has 0 aliphatic carbocycles. The molecule has 18 heavy (non-hydrogen) atoms. The number of H-pyrrole nitrogens is 1. The highest BCUT2D eigenvalue weighted by atomic mass is 14.7. The first-order chi connectivity index (χ1) is 8.66. The van der Waals surface area contributed by atoms with Crippen LogP contribution in [0.1, 0.15) is 11.1 Å². The number of nitrogen functional groups attached to an aromatic ring is 1. The van der Waals surface area contributed by atoms with E-state index in [2.05, 4.69) is 29.0 Å². The molecular formula is C15H15N3. The number of nitrogens with zero attached hydrogens (tertiary/aromatic N) is 1. The molecule has 0 saturated heterocycles. The van der Waals surface area contributed by atoms with Gasteiger partial charge in [0.2, 0.25) is 0 Å². The van der Waals surface area contributed by atoms with Gasteiger partial charge in [-0.2, -0.15) is 0 Å². The summed E-state index contributed by atoms with van der Waals surface area (Å²) in [6.45, 7) is 4.10. The molecule has 3 rings (SSSR count). The van der Waals surface area contributed by atoms with E-state index in [0.717, 1.165) is 33.6 Å². The van der Waals surface area contributed by atoms with E-state index in [0.29, 0.717) is 0 Å². The Morgan fingerprint density at radius 3 is 2.78 bits per heavy atom. The molecule has 1 aromatic carbocycles. The summed E-state index contributed by atoms with van der Waals surface area (Å²) in [5.41, 5.74) is 12.5. The first kappa shape index (κ1) is 10.8. The predicted octanol–water partition coefficient (Wildman–Crippen LogP) is 3.43. The fourth-order valence-electron chi connectivity index (χ4n) is 2.31. The molecule has 2 aromatic heterocycles. The van der Waals surface area contributed by atoms with E-state index in [1.807, 2.05) is 25.3 Å². The average molecular weight is 237 g/mol. The number of nitrogens with one attached hydrogen (secondary N) is 1. The summed E-state index contributed by atoms with van der Waals surface area (Å²) in [6.07, 6.45) is 3.63. The Morgan fingerprint density at radius 1 is 1.22 bits per heavy atom. The lowest BCUT2D eigenvalue weighted by Gasteiger charge is -2.05. The number of nitrogens with two attached hydrogens (primary N) is 1. The van der Waals surface area contributed by atoms with Crippen molar-refractivity contribution in [1.82, 2.24) is 9.97 Å². The van der Waals surface area contributed by atoms with Crippen LogP contribution in [0.4, 0.5) is 5.69 Å². The maximum absolute atomic E-state index is 6.07. The van der Waals surface area contributed by atoms with Crippen molar-refractivity contribution in [1.29, 1.82) is 0 Å².